The van der Waals surface area contributed by atoms with Crippen LogP contribution in [0.2, 0.25) is 0 Å². The first-order chi connectivity index (χ1) is 10.5. The standard InChI is InChI=1S/C15H15NO5S/c17-14(16-8-11-4-2-1-3-5-11)10-22(20)9-12-6-7-13(21-12)15(18)19/h1-7H,8-10H2,(H,16,17)(H,18,19). The minimum atomic E-state index is -1.46. The molecule has 7 heteroatoms. The van der Waals surface area contributed by atoms with E-state index in [0.29, 0.717) is 6.54 Å². The number of benzene rings is 1. The third-order valence-electron chi connectivity index (χ3n) is 2.80. The average Bonchev–Trinajstić information content (AvgIpc) is 2.95. The number of furan rings is 1. The van der Waals surface area contributed by atoms with Crippen LogP contribution >= 0.6 is 0 Å². The van der Waals surface area contributed by atoms with E-state index in [9.17, 15) is 13.8 Å². The average molecular weight is 321 g/mol. The number of carboxylic acids is 1. The summed E-state index contributed by atoms with van der Waals surface area (Å²) < 4.78 is 16.9. The van der Waals surface area contributed by atoms with Crippen molar-refractivity contribution in [2.45, 2.75) is 12.3 Å². The van der Waals surface area contributed by atoms with E-state index in [1.54, 1.807) is 0 Å². The molecule has 2 rings (SSSR count). The third-order valence-corrected chi connectivity index (χ3v) is 3.99. The van der Waals surface area contributed by atoms with Gasteiger partial charge in [-0.05, 0) is 17.7 Å². The molecule has 2 aromatic rings. The summed E-state index contributed by atoms with van der Waals surface area (Å²) in [6.07, 6.45) is 0. The smallest absolute Gasteiger partial charge is 0.371 e. The Morgan fingerprint density at radius 3 is 2.50 bits per heavy atom. The van der Waals surface area contributed by atoms with Gasteiger partial charge < -0.3 is 14.8 Å². The lowest BCUT2D eigenvalue weighted by atomic mass is 10.2. The van der Waals surface area contributed by atoms with Gasteiger partial charge in [-0.3, -0.25) is 9.00 Å². The Hall–Kier alpha value is -2.41. The molecule has 1 atom stereocenters. The van der Waals surface area contributed by atoms with Crippen LogP contribution < -0.4 is 5.32 Å². The highest BCUT2D eigenvalue weighted by Crippen LogP contribution is 2.10. The van der Waals surface area contributed by atoms with Gasteiger partial charge in [-0.25, -0.2) is 4.79 Å². The van der Waals surface area contributed by atoms with Gasteiger partial charge >= 0.3 is 5.97 Å². The zero-order valence-electron chi connectivity index (χ0n) is 11.7. The van der Waals surface area contributed by atoms with Crippen molar-refractivity contribution in [3.63, 3.8) is 0 Å². The van der Waals surface area contributed by atoms with Crippen molar-refractivity contribution in [1.82, 2.24) is 5.32 Å². The molecule has 0 aliphatic rings. The first-order valence-electron chi connectivity index (χ1n) is 6.52. The molecule has 0 bridgehead atoms. The molecule has 1 heterocycles. The fourth-order valence-electron chi connectivity index (χ4n) is 1.77. The lowest BCUT2D eigenvalue weighted by molar-refractivity contribution is -0.118. The van der Waals surface area contributed by atoms with E-state index in [2.05, 4.69) is 5.32 Å². The van der Waals surface area contributed by atoms with Gasteiger partial charge in [-0.1, -0.05) is 30.3 Å². The maximum absolute atomic E-state index is 11.9. The SMILES string of the molecule is O=C(CS(=O)Cc1ccc(C(=O)O)o1)NCc1ccccc1. The van der Waals surface area contributed by atoms with Gasteiger partial charge in [0.15, 0.2) is 0 Å². The first-order valence-corrected chi connectivity index (χ1v) is 8.01. The summed E-state index contributed by atoms with van der Waals surface area (Å²) in [6, 6.07) is 12.1. The van der Waals surface area contributed by atoms with E-state index < -0.39 is 16.8 Å². The van der Waals surface area contributed by atoms with E-state index in [1.165, 1.54) is 12.1 Å². The predicted octanol–water partition coefficient (Wildman–Crippen LogP) is 1.54. The lowest BCUT2D eigenvalue weighted by Gasteiger charge is -2.05. The van der Waals surface area contributed by atoms with Gasteiger partial charge in [0.25, 0.3) is 0 Å². The van der Waals surface area contributed by atoms with Crippen LogP contribution in [0.4, 0.5) is 0 Å². The quantitative estimate of drug-likeness (QED) is 0.806. The van der Waals surface area contributed by atoms with Gasteiger partial charge in [0, 0.05) is 17.3 Å². The maximum Gasteiger partial charge on any atom is 0.371 e. The molecule has 0 saturated heterocycles. The summed E-state index contributed by atoms with van der Waals surface area (Å²) in [5.74, 6) is -1.58. The Morgan fingerprint density at radius 1 is 1.14 bits per heavy atom. The minimum Gasteiger partial charge on any atom is -0.475 e. The number of carboxylic acid groups (broad SMARTS) is 1. The molecule has 116 valence electrons. The largest absolute Gasteiger partial charge is 0.475 e. The van der Waals surface area contributed by atoms with Gasteiger partial charge in [-0.15, -0.1) is 0 Å². The molecule has 2 N–H and O–H groups in total. The second-order valence-electron chi connectivity index (χ2n) is 4.56. The summed E-state index contributed by atoms with van der Waals surface area (Å²) >= 11 is 0. The third kappa shape index (κ3) is 4.85. The molecule has 0 aliphatic carbocycles. The van der Waals surface area contributed by atoms with Crippen LogP contribution in [0.5, 0.6) is 0 Å². The molecular formula is C15H15NO5S. The van der Waals surface area contributed by atoms with Crippen LogP contribution in [0.3, 0.4) is 0 Å². The highest BCUT2D eigenvalue weighted by Gasteiger charge is 2.13. The molecule has 6 nitrogen and oxygen atoms in total. The summed E-state index contributed by atoms with van der Waals surface area (Å²) in [6.45, 7) is 0.376. The van der Waals surface area contributed by atoms with E-state index in [1.807, 2.05) is 30.3 Å². The number of hydrogen-bond acceptors (Lipinski definition) is 4. The fraction of sp³-hybridized carbons (Fsp3) is 0.200. The molecule has 0 radical (unpaired) electrons. The maximum atomic E-state index is 11.9. The van der Waals surface area contributed by atoms with E-state index in [4.69, 9.17) is 9.52 Å². The van der Waals surface area contributed by atoms with Crippen LogP contribution in [0, 0.1) is 0 Å². The van der Waals surface area contributed by atoms with Crippen LogP contribution in [0.15, 0.2) is 46.9 Å². The number of amides is 1. The number of aromatic carboxylic acids is 1. The van der Waals surface area contributed by atoms with Crippen LogP contribution in [-0.4, -0.2) is 26.9 Å². The highest BCUT2D eigenvalue weighted by molar-refractivity contribution is 7.84. The van der Waals surface area contributed by atoms with Crippen molar-refractivity contribution in [3.8, 4) is 0 Å². The van der Waals surface area contributed by atoms with Crippen molar-refractivity contribution in [2.75, 3.05) is 5.75 Å². The Labute approximate surface area is 129 Å². The zero-order valence-corrected chi connectivity index (χ0v) is 12.5. The molecule has 22 heavy (non-hydrogen) atoms. The Morgan fingerprint density at radius 2 is 1.86 bits per heavy atom. The van der Waals surface area contributed by atoms with Crippen molar-refractivity contribution in [1.29, 1.82) is 0 Å². The normalized spacial score (nSPS) is 11.8. The number of nitrogens with one attached hydrogen (secondary N) is 1. The highest BCUT2D eigenvalue weighted by atomic mass is 32.2. The van der Waals surface area contributed by atoms with Crippen molar-refractivity contribution < 1.29 is 23.3 Å². The molecular weight excluding hydrogens is 306 g/mol. The van der Waals surface area contributed by atoms with Crippen LogP contribution in [0.25, 0.3) is 0 Å². The molecule has 0 spiro atoms. The van der Waals surface area contributed by atoms with Crippen molar-refractivity contribution >= 4 is 22.7 Å². The van der Waals surface area contributed by atoms with Crippen LogP contribution in [-0.2, 0) is 27.9 Å². The Kier molecular flexibility index (Phi) is 5.48. The molecule has 1 aromatic carbocycles. The summed E-state index contributed by atoms with van der Waals surface area (Å²) in [5.41, 5.74) is 0.957. The summed E-state index contributed by atoms with van der Waals surface area (Å²) in [5, 5.41) is 11.4. The molecule has 1 unspecified atom stereocenters. The first kappa shape index (κ1) is 16.0. The van der Waals surface area contributed by atoms with Crippen molar-refractivity contribution in [2.24, 2.45) is 0 Å². The fourth-order valence-corrected chi connectivity index (χ4v) is 2.74. The Bertz CT molecular complexity index is 680. The number of carbonyl (C=O) groups is 2. The van der Waals surface area contributed by atoms with Crippen LogP contribution in [0.1, 0.15) is 21.9 Å². The molecule has 0 saturated carbocycles. The van der Waals surface area contributed by atoms with Gasteiger partial charge in [0.1, 0.15) is 11.5 Å². The topological polar surface area (TPSA) is 96.6 Å². The van der Waals surface area contributed by atoms with Gasteiger partial charge in [0.05, 0.1) is 5.75 Å². The molecule has 1 amide bonds. The minimum absolute atomic E-state index is 0.00599. The predicted molar refractivity (Wildman–Crippen MR) is 80.7 cm³/mol. The number of hydrogen-bond donors (Lipinski definition) is 2. The van der Waals surface area contributed by atoms with E-state index >= 15 is 0 Å². The summed E-state index contributed by atoms with van der Waals surface area (Å²) in [7, 11) is -1.46. The number of carbonyl (C=O) groups excluding carboxylic acids is 1. The monoisotopic (exact) mass is 321 g/mol. The molecule has 0 aliphatic heterocycles. The molecule has 0 fully saturated rings. The molecule has 1 aromatic heterocycles. The lowest BCUT2D eigenvalue weighted by Crippen LogP contribution is -2.28. The second-order valence-corrected chi connectivity index (χ2v) is 6.02. The second kappa shape index (κ2) is 7.56. The Balaban J connectivity index is 1.78. The zero-order chi connectivity index (χ0) is 15.9. The van der Waals surface area contributed by atoms with E-state index in [-0.39, 0.29) is 28.9 Å². The van der Waals surface area contributed by atoms with Crippen molar-refractivity contribution in [3.05, 3.63) is 59.5 Å². The van der Waals surface area contributed by atoms with E-state index in [0.717, 1.165) is 5.56 Å². The van der Waals surface area contributed by atoms with Gasteiger partial charge in [-0.2, -0.15) is 0 Å². The summed E-state index contributed by atoms with van der Waals surface area (Å²) in [4.78, 5) is 22.4. The number of rotatable bonds is 7. The van der Waals surface area contributed by atoms with Gasteiger partial charge in [0.2, 0.25) is 11.7 Å².